The molecule has 0 saturated carbocycles. The molecule has 0 aliphatic rings. The summed E-state index contributed by atoms with van der Waals surface area (Å²) in [5.74, 6) is -0.251. The van der Waals surface area contributed by atoms with Gasteiger partial charge in [-0.2, -0.15) is 0 Å². The van der Waals surface area contributed by atoms with Crippen LogP contribution in [0.15, 0.2) is 59.0 Å². The molecule has 0 fully saturated rings. The number of sulfonamides is 1. The molecule has 0 aliphatic heterocycles. The third-order valence-electron chi connectivity index (χ3n) is 5.09. The van der Waals surface area contributed by atoms with Crippen molar-refractivity contribution in [2.75, 3.05) is 22.4 Å². The Labute approximate surface area is 206 Å². The number of hydrogen-bond donors (Lipinski definition) is 1. The summed E-state index contributed by atoms with van der Waals surface area (Å²) in [7, 11) is -3.66. The molecule has 1 aromatic heterocycles. The van der Waals surface area contributed by atoms with Crippen molar-refractivity contribution >= 4 is 84.0 Å². The predicted molar refractivity (Wildman–Crippen MR) is 135 cm³/mol. The van der Waals surface area contributed by atoms with Gasteiger partial charge in [0.05, 0.1) is 27.0 Å². The number of furan rings is 1. The van der Waals surface area contributed by atoms with Gasteiger partial charge in [0.25, 0.3) is 0 Å². The van der Waals surface area contributed by atoms with Gasteiger partial charge in [-0.25, -0.2) is 8.42 Å². The second-order valence-electron chi connectivity index (χ2n) is 7.51. The Morgan fingerprint density at radius 1 is 0.939 bits per heavy atom. The zero-order valence-electron chi connectivity index (χ0n) is 17.4. The van der Waals surface area contributed by atoms with Crippen molar-refractivity contribution in [3.8, 4) is 0 Å². The maximum absolute atomic E-state index is 12.5. The Hall–Kier alpha value is -2.45. The summed E-state index contributed by atoms with van der Waals surface area (Å²) in [5, 5.41) is 5.35. The Kier molecular flexibility index (Phi) is 6.77. The first-order valence-corrected chi connectivity index (χ1v) is 12.9. The van der Waals surface area contributed by atoms with Gasteiger partial charge in [0.2, 0.25) is 15.9 Å². The van der Waals surface area contributed by atoms with Gasteiger partial charge in [-0.3, -0.25) is 9.10 Å². The molecule has 4 rings (SSSR count). The number of anilines is 2. The molecule has 6 nitrogen and oxygen atoms in total. The average molecular weight is 526 g/mol. The lowest BCUT2D eigenvalue weighted by Gasteiger charge is -2.24. The van der Waals surface area contributed by atoms with Gasteiger partial charge in [-0.05, 0) is 36.8 Å². The van der Waals surface area contributed by atoms with Crippen LogP contribution in [0.2, 0.25) is 15.1 Å². The van der Waals surface area contributed by atoms with Crippen molar-refractivity contribution in [1.82, 2.24) is 0 Å². The van der Waals surface area contributed by atoms with Crippen LogP contribution in [-0.2, 0) is 14.8 Å². The molecule has 0 radical (unpaired) electrons. The summed E-state index contributed by atoms with van der Waals surface area (Å²) in [5.41, 5.74) is 2.26. The third kappa shape index (κ3) is 5.22. The molecule has 4 aromatic rings. The van der Waals surface area contributed by atoms with E-state index in [2.05, 4.69) is 5.32 Å². The van der Waals surface area contributed by atoms with Crippen LogP contribution in [0.5, 0.6) is 0 Å². The quantitative estimate of drug-likeness (QED) is 0.271. The van der Waals surface area contributed by atoms with Crippen LogP contribution in [0.25, 0.3) is 21.9 Å². The summed E-state index contributed by atoms with van der Waals surface area (Å²) in [6.45, 7) is 0.0482. The number of carbonyl (C=O) groups is 1. The van der Waals surface area contributed by atoms with Crippen molar-refractivity contribution in [1.29, 1.82) is 0 Å². The van der Waals surface area contributed by atoms with E-state index in [9.17, 15) is 13.2 Å². The first-order valence-electron chi connectivity index (χ1n) is 9.97. The van der Waals surface area contributed by atoms with Crippen LogP contribution in [-0.4, -0.2) is 27.1 Å². The molecule has 0 aliphatic carbocycles. The molecule has 1 heterocycles. The molecule has 1 N–H and O–H groups in total. The van der Waals surface area contributed by atoms with Crippen molar-refractivity contribution in [2.45, 2.75) is 12.8 Å². The van der Waals surface area contributed by atoms with Gasteiger partial charge in [0.1, 0.15) is 11.2 Å². The third-order valence-corrected chi connectivity index (χ3v) is 7.29. The van der Waals surface area contributed by atoms with Gasteiger partial charge >= 0.3 is 0 Å². The summed E-state index contributed by atoms with van der Waals surface area (Å²) < 4.78 is 31.6. The van der Waals surface area contributed by atoms with Gasteiger partial charge < -0.3 is 9.73 Å². The highest BCUT2D eigenvalue weighted by Gasteiger charge is 2.21. The fourth-order valence-corrected chi connectivity index (χ4v) is 5.24. The van der Waals surface area contributed by atoms with E-state index in [0.717, 1.165) is 26.9 Å². The molecule has 33 heavy (non-hydrogen) atoms. The molecule has 1 amide bonds. The van der Waals surface area contributed by atoms with Crippen LogP contribution < -0.4 is 9.62 Å². The Bertz CT molecular complexity index is 1470. The first-order chi connectivity index (χ1) is 15.6. The highest BCUT2D eigenvalue weighted by molar-refractivity contribution is 7.92. The Morgan fingerprint density at radius 3 is 2.39 bits per heavy atom. The van der Waals surface area contributed by atoms with Crippen LogP contribution in [0.1, 0.15) is 12.8 Å². The lowest BCUT2D eigenvalue weighted by Crippen LogP contribution is -2.31. The van der Waals surface area contributed by atoms with E-state index in [1.165, 1.54) is 12.1 Å². The molecule has 10 heteroatoms. The van der Waals surface area contributed by atoms with E-state index in [1.807, 2.05) is 30.3 Å². The van der Waals surface area contributed by atoms with E-state index >= 15 is 0 Å². The molecule has 0 spiro atoms. The highest BCUT2D eigenvalue weighted by Crippen LogP contribution is 2.36. The van der Waals surface area contributed by atoms with Gasteiger partial charge in [-0.15, -0.1) is 0 Å². The minimum Gasteiger partial charge on any atom is -0.456 e. The summed E-state index contributed by atoms with van der Waals surface area (Å²) >= 11 is 18.2. The number of fused-ring (bicyclic) bond motifs is 3. The maximum atomic E-state index is 12.5. The van der Waals surface area contributed by atoms with Crippen LogP contribution in [0, 0.1) is 0 Å². The van der Waals surface area contributed by atoms with E-state index in [4.69, 9.17) is 39.2 Å². The molecule has 3 aromatic carbocycles. The Morgan fingerprint density at radius 2 is 1.64 bits per heavy atom. The number of para-hydroxylation sites is 1. The van der Waals surface area contributed by atoms with E-state index in [-0.39, 0.29) is 46.0 Å². The maximum Gasteiger partial charge on any atom is 0.232 e. The lowest BCUT2D eigenvalue weighted by molar-refractivity contribution is -0.116. The van der Waals surface area contributed by atoms with Gasteiger partial charge in [0, 0.05) is 35.5 Å². The summed E-state index contributed by atoms with van der Waals surface area (Å²) in [6.07, 6.45) is 1.43. The molecular weight excluding hydrogens is 507 g/mol. The smallest absolute Gasteiger partial charge is 0.232 e. The fraction of sp³-hybridized carbons (Fsp3) is 0.174. The number of nitrogens with zero attached hydrogens (tertiary/aromatic N) is 1. The van der Waals surface area contributed by atoms with Crippen molar-refractivity contribution in [3.05, 3.63) is 69.7 Å². The molecular formula is C23H19Cl3N2O4S. The lowest BCUT2D eigenvalue weighted by atomic mass is 10.1. The minimum atomic E-state index is -3.66. The van der Waals surface area contributed by atoms with Gasteiger partial charge in [0.15, 0.2) is 0 Å². The number of benzene rings is 3. The first kappa shape index (κ1) is 23.7. The van der Waals surface area contributed by atoms with Crippen LogP contribution in [0.4, 0.5) is 11.4 Å². The second kappa shape index (κ2) is 9.43. The Balaban J connectivity index is 1.43. The molecule has 172 valence electrons. The zero-order valence-corrected chi connectivity index (χ0v) is 20.5. The normalized spacial score (nSPS) is 11.8. The van der Waals surface area contributed by atoms with E-state index in [1.54, 1.807) is 12.1 Å². The second-order valence-corrected chi connectivity index (χ2v) is 10.6. The highest BCUT2D eigenvalue weighted by atomic mass is 35.5. The minimum absolute atomic E-state index is 0.0482. The summed E-state index contributed by atoms with van der Waals surface area (Å²) in [6, 6.07) is 16.0. The molecule has 0 bridgehead atoms. The van der Waals surface area contributed by atoms with Crippen LogP contribution in [0.3, 0.4) is 0 Å². The summed E-state index contributed by atoms with van der Waals surface area (Å²) in [4.78, 5) is 12.5. The molecule has 0 unspecified atom stereocenters. The topological polar surface area (TPSA) is 79.6 Å². The van der Waals surface area contributed by atoms with Crippen molar-refractivity contribution < 1.29 is 17.6 Å². The predicted octanol–water partition coefficient (Wildman–Crippen LogP) is 6.73. The monoisotopic (exact) mass is 524 g/mol. The number of hydrogen-bond acceptors (Lipinski definition) is 4. The number of rotatable bonds is 7. The fourth-order valence-electron chi connectivity index (χ4n) is 3.58. The number of halogens is 3. The number of amides is 1. The number of carbonyl (C=O) groups excluding carboxylic acids is 1. The van der Waals surface area contributed by atoms with Crippen molar-refractivity contribution in [2.24, 2.45) is 0 Å². The van der Waals surface area contributed by atoms with E-state index < -0.39 is 10.0 Å². The average Bonchev–Trinajstić information content (AvgIpc) is 3.11. The van der Waals surface area contributed by atoms with Crippen molar-refractivity contribution in [3.63, 3.8) is 0 Å². The molecule has 0 atom stereocenters. The van der Waals surface area contributed by atoms with Crippen LogP contribution >= 0.6 is 34.8 Å². The molecule has 0 saturated heterocycles. The largest absolute Gasteiger partial charge is 0.456 e. The zero-order chi connectivity index (χ0) is 23.8. The SMILES string of the molecule is CS(=O)(=O)N(CCCC(=O)Nc1ccc2c(c1)oc1ccccc12)c1cc(Cl)c(Cl)cc1Cl. The standard InChI is InChI=1S/C23H19Cl3N2O4S/c1-33(30,31)28(20-13-18(25)17(24)12-19(20)26)10-4-7-23(29)27-14-8-9-16-15-5-2-3-6-21(15)32-22(16)11-14/h2-3,5-6,8-9,11-13H,4,7,10H2,1H3,(H,27,29). The number of nitrogens with one attached hydrogen (secondary N) is 1. The van der Waals surface area contributed by atoms with Gasteiger partial charge in [-0.1, -0.05) is 53.0 Å². The van der Waals surface area contributed by atoms with E-state index in [0.29, 0.717) is 11.3 Å².